The summed E-state index contributed by atoms with van der Waals surface area (Å²) in [5, 5.41) is 12.7. The summed E-state index contributed by atoms with van der Waals surface area (Å²) in [6.07, 6.45) is 5.18. The Morgan fingerprint density at radius 3 is 2.41 bits per heavy atom. The van der Waals surface area contributed by atoms with Gasteiger partial charge in [0.25, 0.3) is 0 Å². The molecule has 0 amide bonds. The van der Waals surface area contributed by atoms with Crippen LogP contribution in [0.4, 0.5) is 0 Å². The number of aliphatic carboxylic acids is 1. The number of nitrogens with one attached hydrogen (secondary N) is 1. The maximum Gasteiger partial charge on any atom is 0.337 e. The minimum absolute atomic E-state index is 0.0740. The predicted octanol–water partition coefficient (Wildman–Crippen LogP) is 3.66. The first-order valence-electron chi connectivity index (χ1n) is 9.20. The van der Waals surface area contributed by atoms with Crippen LogP contribution < -0.4 is 5.32 Å². The van der Waals surface area contributed by atoms with E-state index in [0.29, 0.717) is 17.1 Å². The third-order valence-corrected chi connectivity index (χ3v) is 4.61. The second kappa shape index (κ2) is 9.01. The van der Waals surface area contributed by atoms with Gasteiger partial charge in [-0.2, -0.15) is 0 Å². The molecule has 0 spiro atoms. The molecule has 2 aromatic rings. The quantitative estimate of drug-likeness (QED) is 0.732. The zero-order chi connectivity index (χ0) is 20.8. The number of dihydropyridines is 1. The molecule has 2 heterocycles. The Kier molecular flexibility index (Phi) is 6.24. The van der Waals surface area contributed by atoms with E-state index in [4.69, 9.17) is 4.74 Å². The van der Waals surface area contributed by atoms with Crippen molar-refractivity contribution in [3.05, 3.63) is 94.6 Å². The first kappa shape index (κ1) is 20.1. The summed E-state index contributed by atoms with van der Waals surface area (Å²) in [6.45, 7) is 3.48. The number of carboxylic acid groups (broad SMARTS) is 1. The van der Waals surface area contributed by atoms with Gasteiger partial charge in [0.15, 0.2) is 0 Å². The minimum Gasteiger partial charge on any atom is -0.478 e. The van der Waals surface area contributed by atoms with Gasteiger partial charge in [0.05, 0.1) is 22.8 Å². The molecule has 1 aromatic heterocycles. The normalized spacial score (nSPS) is 16.7. The van der Waals surface area contributed by atoms with Gasteiger partial charge >= 0.3 is 11.9 Å². The van der Waals surface area contributed by atoms with E-state index < -0.39 is 17.9 Å². The van der Waals surface area contributed by atoms with Crippen molar-refractivity contribution in [1.29, 1.82) is 0 Å². The molecule has 2 N–H and O–H groups in total. The summed E-state index contributed by atoms with van der Waals surface area (Å²) in [5.74, 6) is -2.48. The Morgan fingerprint density at radius 2 is 1.76 bits per heavy atom. The SMILES string of the molecule is CC1=C(C(=O)O)C(c2ccccn2)C(C(=O)OCC=Cc2ccccc2)=C(C)N1. The molecule has 0 saturated carbocycles. The largest absolute Gasteiger partial charge is 0.478 e. The maximum absolute atomic E-state index is 12.9. The second-order valence-electron chi connectivity index (χ2n) is 6.61. The van der Waals surface area contributed by atoms with Crippen LogP contribution in [0.15, 0.2) is 83.3 Å². The molecule has 1 unspecified atom stereocenters. The molecule has 1 aliphatic rings. The topological polar surface area (TPSA) is 88.5 Å². The summed E-state index contributed by atoms with van der Waals surface area (Å²) in [4.78, 5) is 29.1. The number of nitrogens with zero attached hydrogens (tertiary/aromatic N) is 1. The summed E-state index contributed by atoms with van der Waals surface area (Å²) in [5.41, 5.74) is 2.85. The molecule has 0 saturated heterocycles. The zero-order valence-corrected chi connectivity index (χ0v) is 16.3. The summed E-state index contributed by atoms with van der Waals surface area (Å²) >= 11 is 0. The van der Waals surface area contributed by atoms with Crippen molar-refractivity contribution in [3.8, 4) is 0 Å². The molecular weight excluding hydrogens is 368 g/mol. The average Bonchev–Trinajstić information content (AvgIpc) is 2.71. The highest BCUT2D eigenvalue weighted by molar-refractivity contribution is 5.99. The Hall–Kier alpha value is -3.67. The van der Waals surface area contributed by atoms with Crippen LogP contribution in [0, 0.1) is 0 Å². The van der Waals surface area contributed by atoms with Crippen LogP contribution in [-0.2, 0) is 14.3 Å². The fourth-order valence-electron chi connectivity index (χ4n) is 3.34. The molecule has 1 aliphatic heterocycles. The highest BCUT2D eigenvalue weighted by Gasteiger charge is 2.37. The monoisotopic (exact) mass is 390 g/mol. The third-order valence-electron chi connectivity index (χ3n) is 4.61. The van der Waals surface area contributed by atoms with Crippen LogP contribution >= 0.6 is 0 Å². The van der Waals surface area contributed by atoms with E-state index in [0.717, 1.165) is 5.56 Å². The van der Waals surface area contributed by atoms with Crippen LogP contribution in [-0.4, -0.2) is 28.6 Å². The van der Waals surface area contributed by atoms with Gasteiger partial charge < -0.3 is 15.2 Å². The molecule has 6 heteroatoms. The third kappa shape index (κ3) is 4.60. The summed E-state index contributed by atoms with van der Waals surface area (Å²) in [6, 6.07) is 14.9. The number of carbonyl (C=O) groups excluding carboxylic acids is 1. The Balaban J connectivity index is 1.85. The maximum atomic E-state index is 12.9. The van der Waals surface area contributed by atoms with Gasteiger partial charge in [-0.15, -0.1) is 0 Å². The number of hydrogen-bond acceptors (Lipinski definition) is 5. The van der Waals surface area contributed by atoms with Crippen molar-refractivity contribution < 1.29 is 19.4 Å². The number of rotatable bonds is 6. The predicted molar refractivity (Wildman–Crippen MR) is 110 cm³/mol. The lowest BCUT2D eigenvalue weighted by molar-refractivity contribution is -0.138. The molecule has 1 atom stereocenters. The first-order valence-corrected chi connectivity index (χ1v) is 9.20. The van der Waals surface area contributed by atoms with E-state index in [1.807, 2.05) is 36.4 Å². The number of pyridine rings is 1. The fraction of sp³-hybridized carbons (Fsp3) is 0.174. The van der Waals surface area contributed by atoms with Crippen LogP contribution in [0.1, 0.15) is 31.0 Å². The van der Waals surface area contributed by atoms with E-state index in [9.17, 15) is 14.7 Å². The van der Waals surface area contributed by atoms with Crippen molar-refractivity contribution in [2.45, 2.75) is 19.8 Å². The van der Waals surface area contributed by atoms with E-state index in [1.165, 1.54) is 0 Å². The number of ether oxygens (including phenoxy) is 1. The molecule has 6 nitrogen and oxygen atoms in total. The van der Waals surface area contributed by atoms with Crippen LogP contribution in [0.5, 0.6) is 0 Å². The molecule has 1 aromatic carbocycles. The van der Waals surface area contributed by atoms with Crippen molar-refractivity contribution in [3.63, 3.8) is 0 Å². The first-order chi connectivity index (χ1) is 14.0. The lowest BCUT2D eigenvalue weighted by Gasteiger charge is -2.28. The average molecular weight is 390 g/mol. The summed E-state index contributed by atoms with van der Waals surface area (Å²) in [7, 11) is 0. The van der Waals surface area contributed by atoms with E-state index in [2.05, 4.69) is 10.3 Å². The number of benzene rings is 1. The number of carbonyl (C=O) groups is 2. The van der Waals surface area contributed by atoms with Crippen LogP contribution in [0.3, 0.4) is 0 Å². The van der Waals surface area contributed by atoms with E-state index in [-0.39, 0.29) is 17.8 Å². The minimum atomic E-state index is -1.10. The summed E-state index contributed by atoms with van der Waals surface area (Å²) < 4.78 is 5.42. The van der Waals surface area contributed by atoms with Crippen LogP contribution in [0.2, 0.25) is 0 Å². The lowest BCUT2D eigenvalue weighted by Crippen LogP contribution is -2.32. The molecule has 0 aliphatic carbocycles. The second-order valence-corrected chi connectivity index (χ2v) is 6.61. The van der Waals surface area contributed by atoms with Gasteiger partial charge in [-0.3, -0.25) is 4.98 Å². The number of esters is 1. The molecule has 0 fully saturated rings. The number of allylic oxidation sites excluding steroid dienone is 2. The lowest BCUT2D eigenvalue weighted by atomic mass is 9.83. The standard InChI is InChI=1S/C23H22N2O4/c1-15-19(22(26)27)21(18-12-6-7-13-24-18)20(16(2)25-15)23(28)29-14-8-11-17-9-4-3-5-10-17/h3-13,21,25H,14H2,1-2H3,(H,26,27). The van der Waals surface area contributed by atoms with Crippen molar-refractivity contribution in [1.82, 2.24) is 10.3 Å². The van der Waals surface area contributed by atoms with Gasteiger partial charge in [-0.05, 0) is 37.6 Å². The smallest absolute Gasteiger partial charge is 0.337 e. The van der Waals surface area contributed by atoms with Crippen LogP contribution in [0.25, 0.3) is 6.08 Å². The zero-order valence-electron chi connectivity index (χ0n) is 16.3. The Bertz CT molecular complexity index is 992. The fourth-order valence-corrected chi connectivity index (χ4v) is 3.34. The van der Waals surface area contributed by atoms with Gasteiger partial charge in [-0.1, -0.05) is 42.5 Å². The van der Waals surface area contributed by atoms with Gasteiger partial charge in [-0.25, -0.2) is 9.59 Å². The number of carboxylic acids is 1. The van der Waals surface area contributed by atoms with Gasteiger partial charge in [0, 0.05) is 17.6 Å². The van der Waals surface area contributed by atoms with Gasteiger partial charge in [0.1, 0.15) is 6.61 Å². The molecule has 3 rings (SSSR count). The molecule has 29 heavy (non-hydrogen) atoms. The number of hydrogen-bond donors (Lipinski definition) is 2. The van der Waals surface area contributed by atoms with E-state index in [1.54, 1.807) is 44.3 Å². The van der Waals surface area contributed by atoms with Crippen molar-refractivity contribution >= 4 is 18.0 Å². The van der Waals surface area contributed by atoms with Gasteiger partial charge in [0.2, 0.25) is 0 Å². The highest BCUT2D eigenvalue weighted by atomic mass is 16.5. The molecule has 148 valence electrons. The highest BCUT2D eigenvalue weighted by Crippen LogP contribution is 2.37. The van der Waals surface area contributed by atoms with Crippen molar-refractivity contribution in [2.75, 3.05) is 6.61 Å². The molecular formula is C23H22N2O4. The Labute approximate surface area is 169 Å². The Morgan fingerprint density at radius 1 is 1.07 bits per heavy atom. The van der Waals surface area contributed by atoms with E-state index >= 15 is 0 Å². The van der Waals surface area contributed by atoms with Crippen molar-refractivity contribution in [2.24, 2.45) is 0 Å². The molecule has 0 radical (unpaired) electrons. The molecule has 0 bridgehead atoms. The number of aromatic nitrogens is 1.